The molecule has 0 radical (unpaired) electrons. The third kappa shape index (κ3) is 3.67. The first kappa shape index (κ1) is 14.2. The highest BCUT2D eigenvalue weighted by Crippen LogP contribution is 2.29. The maximum atomic E-state index is 12.4. The average molecular weight is 290 g/mol. The Kier molecular flexibility index (Phi) is 4.29. The summed E-state index contributed by atoms with van der Waals surface area (Å²) in [6.45, 7) is 2.85. The highest BCUT2D eigenvalue weighted by molar-refractivity contribution is 5.71. The molecule has 1 amide bonds. The highest BCUT2D eigenvalue weighted by atomic mass is 16.6. The van der Waals surface area contributed by atoms with Crippen LogP contribution >= 0.6 is 0 Å². The van der Waals surface area contributed by atoms with Gasteiger partial charge in [0.2, 0.25) is 0 Å². The number of rotatable bonds is 5. The number of carbonyl (C=O) groups excluding carboxylic acids is 1. The highest BCUT2D eigenvalue weighted by Gasteiger charge is 2.35. The van der Waals surface area contributed by atoms with Gasteiger partial charge < -0.3 is 19.7 Å². The van der Waals surface area contributed by atoms with Crippen LogP contribution in [0, 0.1) is 5.92 Å². The molecule has 1 atom stereocenters. The average Bonchev–Trinajstić information content (AvgIpc) is 3.21. The quantitative estimate of drug-likeness (QED) is 0.904. The molecule has 1 aromatic carbocycles. The van der Waals surface area contributed by atoms with Gasteiger partial charge >= 0.3 is 6.09 Å². The Labute approximate surface area is 125 Å². The van der Waals surface area contributed by atoms with Crippen LogP contribution in [0.15, 0.2) is 24.3 Å². The number of hydrogen-bond acceptors (Lipinski definition) is 4. The zero-order valence-corrected chi connectivity index (χ0v) is 12.4. The van der Waals surface area contributed by atoms with E-state index in [1.165, 1.54) is 0 Å². The molecule has 0 spiro atoms. The first-order chi connectivity index (χ1) is 10.3. The van der Waals surface area contributed by atoms with E-state index in [0.29, 0.717) is 17.7 Å². The summed E-state index contributed by atoms with van der Waals surface area (Å²) >= 11 is 0. The molecule has 21 heavy (non-hydrogen) atoms. The lowest BCUT2D eigenvalue weighted by atomic mass is 10.1. The second-order valence-corrected chi connectivity index (χ2v) is 5.79. The minimum Gasteiger partial charge on any atom is -0.497 e. The summed E-state index contributed by atoms with van der Waals surface area (Å²) in [6, 6.07) is 7.49. The van der Waals surface area contributed by atoms with E-state index in [-0.39, 0.29) is 6.09 Å². The van der Waals surface area contributed by atoms with E-state index < -0.39 is 0 Å². The number of methoxy groups -OCH3 is 1. The van der Waals surface area contributed by atoms with Gasteiger partial charge in [0.25, 0.3) is 0 Å². The maximum Gasteiger partial charge on any atom is 0.415 e. The van der Waals surface area contributed by atoms with E-state index in [9.17, 15) is 4.79 Å². The van der Waals surface area contributed by atoms with Gasteiger partial charge in [0.05, 0.1) is 7.11 Å². The molecule has 1 saturated heterocycles. The second kappa shape index (κ2) is 6.35. The number of nitrogens with zero attached hydrogens (tertiary/aromatic N) is 1. The van der Waals surface area contributed by atoms with Crippen LogP contribution < -0.4 is 14.8 Å². The third-order valence-corrected chi connectivity index (χ3v) is 4.10. The standard InChI is InChI=1S/C16H22N2O3/c1-20-14-4-6-15(7-5-14)21-16(19)18(13-2-3-13)11-12-8-9-17-10-12/h4-7,12-13,17H,2-3,8-11H2,1H3/t12-/m0/s1. The van der Waals surface area contributed by atoms with Crippen LogP contribution in [0.25, 0.3) is 0 Å². The minimum atomic E-state index is -0.227. The van der Waals surface area contributed by atoms with Crippen LogP contribution in [-0.4, -0.2) is 43.8 Å². The second-order valence-electron chi connectivity index (χ2n) is 5.79. The van der Waals surface area contributed by atoms with Crippen molar-refractivity contribution in [2.75, 3.05) is 26.7 Å². The van der Waals surface area contributed by atoms with Crippen LogP contribution in [0.5, 0.6) is 11.5 Å². The van der Waals surface area contributed by atoms with Crippen molar-refractivity contribution in [3.63, 3.8) is 0 Å². The Morgan fingerprint density at radius 2 is 1.95 bits per heavy atom. The maximum absolute atomic E-state index is 12.4. The lowest BCUT2D eigenvalue weighted by molar-refractivity contribution is 0.141. The fourth-order valence-corrected chi connectivity index (χ4v) is 2.71. The van der Waals surface area contributed by atoms with Crippen molar-refractivity contribution in [1.82, 2.24) is 10.2 Å². The van der Waals surface area contributed by atoms with E-state index in [0.717, 1.165) is 44.6 Å². The van der Waals surface area contributed by atoms with Crippen molar-refractivity contribution in [1.29, 1.82) is 0 Å². The fourth-order valence-electron chi connectivity index (χ4n) is 2.71. The molecule has 1 N–H and O–H groups in total. The van der Waals surface area contributed by atoms with Gasteiger partial charge in [0.15, 0.2) is 0 Å². The number of benzene rings is 1. The SMILES string of the molecule is COc1ccc(OC(=O)N(C[C@H]2CCNC2)C2CC2)cc1. The van der Waals surface area contributed by atoms with Gasteiger partial charge in [-0.25, -0.2) is 4.79 Å². The number of hydrogen-bond donors (Lipinski definition) is 1. The molecule has 114 valence electrons. The molecular weight excluding hydrogens is 268 g/mol. The Morgan fingerprint density at radius 3 is 2.52 bits per heavy atom. The summed E-state index contributed by atoms with van der Waals surface area (Å²) < 4.78 is 10.6. The molecule has 2 aliphatic rings. The zero-order valence-electron chi connectivity index (χ0n) is 12.4. The van der Waals surface area contributed by atoms with Crippen molar-refractivity contribution < 1.29 is 14.3 Å². The number of nitrogens with one attached hydrogen (secondary N) is 1. The summed E-state index contributed by atoms with van der Waals surface area (Å²) in [6.07, 6.45) is 3.10. The van der Waals surface area contributed by atoms with Crippen molar-refractivity contribution in [3.8, 4) is 11.5 Å². The van der Waals surface area contributed by atoms with Crippen molar-refractivity contribution in [2.24, 2.45) is 5.92 Å². The molecule has 0 aromatic heterocycles. The predicted octanol–water partition coefficient (Wildman–Crippen LogP) is 2.27. The molecule has 1 aromatic rings. The van der Waals surface area contributed by atoms with E-state index >= 15 is 0 Å². The van der Waals surface area contributed by atoms with Gasteiger partial charge in [-0.05, 0) is 62.5 Å². The lowest BCUT2D eigenvalue weighted by Crippen LogP contribution is -2.39. The molecule has 1 aliphatic carbocycles. The largest absolute Gasteiger partial charge is 0.497 e. The molecular formula is C16H22N2O3. The predicted molar refractivity (Wildman–Crippen MR) is 79.7 cm³/mol. The Balaban J connectivity index is 1.60. The van der Waals surface area contributed by atoms with Gasteiger partial charge in [0.1, 0.15) is 11.5 Å². The van der Waals surface area contributed by atoms with E-state index in [2.05, 4.69) is 5.32 Å². The first-order valence-corrected chi connectivity index (χ1v) is 7.59. The van der Waals surface area contributed by atoms with Gasteiger partial charge in [-0.2, -0.15) is 0 Å². The molecule has 1 aliphatic heterocycles. The van der Waals surface area contributed by atoms with Gasteiger partial charge in [-0.15, -0.1) is 0 Å². The number of ether oxygens (including phenoxy) is 2. The molecule has 0 unspecified atom stereocenters. The fraction of sp³-hybridized carbons (Fsp3) is 0.562. The van der Waals surface area contributed by atoms with Gasteiger partial charge in [-0.1, -0.05) is 0 Å². The normalized spacial score (nSPS) is 21.1. The van der Waals surface area contributed by atoms with Gasteiger partial charge in [0, 0.05) is 12.6 Å². The topological polar surface area (TPSA) is 50.8 Å². The van der Waals surface area contributed by atoms with E-state index in [1.807, 2.05) is 4.90 Å². The third-order valence-electron chi connectivity index (χ3n) is 4.10. The van der Waals surface area contributed by atoms with Crippen molar-refractivity contribution >= 4 is 6.09 Å². The molecule has 0 bridgehead atoms. The van der Waals surface area contributed by atoms with E-state index in [4.69, 9.17) is 9.47 Å². The molecule has 2 fully saturated rings. The summed E-state index contributed by atoms with van der Waals surface area (Å²) in [5.41, 5.74) is 0. The van der Waals surface area contributed by atoms with Crippen LogP contribution in [-0.2, 0) is 0 Å². The van der Waals surface area contributed by atoms with Crippen molar-refractivity contribution in [2.45, 2.75) is 25.3 Å². The van der Waals surface area contributed by atoms with Crippen LogP contribution in [0.2, 0.25) is 0 Å². The Bertz CT molecular complexity index is 479. The number of amides is 1. The Morgan fingerprint density at radius 1 is 1.24 bits per heavy atom. The molecule has 1 heterocycles. The molecule has 3 rings (SSSR count). The molecule has 5 nitrogen and oxygen atoms in total. The van der Waals surface area contributed by atoms with Crippen molar-refractivity contribution in [3.05, 3.63) is 24.3 Å². The summed E-state index contributed by atoms with van der Waals surface area (Å²) in [5.74, 6) is 1.87. The lowest BCUT2D eigenvalue weighted by Gasteiger charge is -2.24. The Hall–Kier alpha value is -1.75. The number of carbonyl (C=O) groups is 1. The van der Waals surface area contributed by atoms with Gasteiger partial charge in [-0.3, -0.25) is 0 Å². The van der Waals surface area contributed by atoms with Crippen LogP contribution in [0.1, 0.15) is 19.3 Å². The molecule has 5 heteroatoms. The summed E-state index contributed by atoms with van der Waals surface area (Å²) in [4.78, 5) is 14.3. The minimum absolute atomic E-state index is 0.227. The van der Waals surface area contributed by atoms with Crippen LogP contribution in [0.4, 0.5) is 4.79 Å². The monoisotopic (exact) mass is 290 g/mol. The summed E-state index contributed by atoms with van der Waals surface area (Å²) in [5, 5.41) is 3.35. The van der Waals surface area contributed by atoms with Crippen LogP contribution in [0.3, 0.4) is 0 Å². The summed E-state index contributed by atoms with van der Waals surface area (Å²) in [7, 11) is 1.62. The van der Waals surface area contributed by atoms with E-state index in [1.54, 1.807) is 31.4 Å². The first-order valence-electron chi connectivity index (χ1n) is 7.59. The smallest absolute Gasteiger partial charge is 0.415 e. The zero-order chi connectivity index (χ0) is 14.7. The molecule has 1 saturated carbocycles.